The number of nitrogens with two attached hydrogens (primary N) is 1. The van der Waals surface area contributed by atoms with Crippen molar-refractivity contribution in [1.82, 2.24) is 4.98 Å². The van der Waals surface area contributed by atoms with Crippen molar-refractivity contribution in [3.63, 3.8) is 0 Å². The van der Waals surface area contributed by atoms with Crippen molar-refractivity contribution in [3.8, 4) is 0 Å². The van der Waals surface area contributed by atoms with Crippen LogP contribution in [-0.2, 0) is 6.18 Å². The van der Waals surface area contributed by atoms with Gasteiger partial charge >= 0.3 is 6.18 Å². The van der Waals surface area contributed by atoms with Gasteiger partial charge in [0.15, 0.2) is 0 Å². The Morgan fingerprint density at radius 2 is 1.88 bits per heavy atom. The van der Waals surface area contributed by atoms with Crippen LogP contribution in [0.5, 0.6) is 0 Å². The van der Waals surface area contributed by atoms with Crippen LogP contribution in [0.4, 0.5) is 19.0 Å². The van der Waals surface area contributed by atoms with Crippen LogP contribution in [0.15, 0.2) is 24.3 Å². The van der Waals surface area contributed by atoms with Crippen LogP contribution in [0.25, 0.3) is 10.9 Å². The fourth-order valence-corrected chi connectivity index (χ4v) is 1.60. The summed E-state index contributed by atoms with van der Waals surface area (Å²) >= 11 is 0. The molecule has 16 heavy (non-hydrogen) atoms. The molecule has 2 N–H and O–H groups in total. The van der Waals surface area contributed by atoms with Crippen LogP contribution in [-0.4, -0.2) is 4.98 Å². The van der Waals surface area contributed by atoms with Gasteiger partial charge in [-0.25, -0.2) is 4.98 Å². The minimum Gasteiger partial charge on any atom is -0.384 e. The number of fused-ring (bicyclic) bond motifs is 1. The Morgan fingerprint density at radius 1 is 1.19 bits per heavy atom. The van der Waals surface area contributed by atoms with Crippen molar-refractivity contribution in [2.75, 3.05) is 5.73 Å². The molecule has 2 nitrogen and oxygen atoms in total. The number of hydrogen-bond donors (Lipinski definition) is 1. The Bertz CT molecular complexity index is 547. The van der Waals surface area contributed by atoms with Crippen molar-refractivity contribution >= 4 is 16.7 Å². The second kappa shape index (κ2) is 3.37. The SMILES string of the molecule is Cc1cc(N)nc2cc(C(F)(F)F)ccc12. The van der Waals surface area contributed by atoms with Gasteiger partial charge in [0.2, 0.25) is 0 Å². The van der Waals surface area contributed by atoms with Crippen LogP contribution >= 0.6 is 0 Å². The highest BCUT2D eigenvalue weighted by molar-refractivity contribution is 5.84. The normalized spacial score (nSPS) is 12.0. The number of anilines is 1. The highest BCUT2D eigenvalue weighted by Gasteiger charge is 2.30. The zero-order chi connectivity index (χ0) is 11.9. The first kappa shape index (κ1) is 10.7. The molecule has 0 saturated carbocycles. The van der Waals surface area contributed by atoms with Crippen LogP contribution in [0.1, 0.15) is 11.1 Å². The fourth-order valence-electron chi connectivity index (χ4n) is 1.60. The van der Waals surface area contributed by atoms with E-state index in [4.69, 9.17) is 5.73 Å². The lowest BCUT2D eigenvalue weighted by Gasteiger charge is -2.09. The average molecular weight is 226 g/mol. The highest BCUT2D eigenvalue weighted by Crippen LogP contribution is 2.31. The minimum atomic E-state index is -4.35. The molecule has 0 fully saturated rings. The van der Waals surface area contributed by atoms with Gasteiger partial charge in [0.25, 0.3) is 0 Å². The molecular formula is C11H9F3N2. The largest absolute Gasteiger partial charge is 0.416 e. The Balaban J connectivity index is 2.71. The number of aromatic nitrogens is 1. The van der Waals surface area contributed by atoms with E-state index in [-0.39, 0.29) is 11.3 Å². The van der Waals surface area contributed by atoms with Crippen LogP contribution in [0.2, 0.25) is 0 Å². The summed E-state index contributed by atoms with van der Waals surface area (Å²) in [5.74, 6) is 0.226. The third-order valence-electron chi connectivity index (χ3n) is 2.36. The fraction of sp³-hybridized carbons (Fsp3) is 0.182. The van der Waals surface area contributed by atoms with E-state index < -0.39 is 11.7 Å². The summed E-state index contributed by atoms with van der Waals surface area (Å²) in [5.41, 5.74) is 5.87. The number of alkyl halides is 3. The zero-order valence-corrected chi connectivity index (χ0v) is 8.47. The van der Waals surface area contributed by atoms with Crippen LogP contribution in [0, 0.1) is 6.92 Å². The number of nitrogens with zero attached hydrogens (tertiary/aromatic N) is 1. The predicted molar refractivity (Wildman–Crippen MR) is 55.9 cm³/mol. The molecule has 0 radical (unpaired) electrons. The van der Waals surface area contributed by atoms with Crippen molar-refractivity contribution in [2.24, 2.45) is 0 Å². The Kier molecular flexibility index (Phi) is 2.26. The maximum absolute atomic E-state index is 12.5. The van der Waals surface area contributed by atoms with Crippen molar-refractivity contribution in [2.45, 2.75) is 13.1 Å². The summed E-state index contributed by atoms with van der Waals surface area (Å²) in [4.78, 5) is 3.89. The molecule has 5 heteroatoms. The molecule has 1 aromatic carbocycles. The summed E-state index contributed by atoms with van der Waals surface area (Å²) in [6.07, 6.45) is -4.35. The van der Waals surface area contributed by atoms with Crippen molar-refractivity contribution in [3.05, 3.63) is 35.4 Å². The molecular weight excluding hydrogens is 217 g/mol. The topological polar surface area (TPSA) is 38.9 Å². The van der Waals surface area contributed by atoms with E-state index in [0.717, 1.165) is 17.7 Å². The van der Waals surface area contributed by atoms with Gasteiger partial charge in [-0.05, 0) is 30.7 Å². The third-order valence-corrected chi connectivity index (χ3v) is 2.36. The molecule has 0 aliphatic rings. The number of halogens is 3. The molecule has 0 bridgehead atoms. The monoisotopic (exact) mass is 226 g/mol. The molecule has 2 rings (SSSR count). The molecule has 0 unspecified atom stereocenters. The van der Waals surface area contributed by atoms with Gasteiger partial charge in [-0.2, -0.15) is 13.2 Å². The number of hydrogen-bond acceptors (Lipinski definition) is 2. The molecule has 0 atom stereocenters. The van der Waals surface area contributed by atoms with Crippen LogP contribution < -0.4 is 5.73 Å². The van der Waals surface area contributed by atoms with Crippen molar-refractivity contribution < 1.29 is 13.2 Å². The Morgan fingerprint density at radius 3 is 2.50 bits per heavy atom. The standard InChI is InChI=1S/C11H9F3N2/c1-6-4-10(15)16-9-5-7(11(12,13)14)2-3-8(6)9/h2-5H,1H3,(H2,15,16). The van der Waals surface area contributed by atoms with E-state index in [1.54, 1.807) is 13.0 Å². The number of pyridine rings is 1. The Labute approximate surface area is 89.9 Å². The van der Waals surface area contributed by atoms with Gasteiger partial charge in [-0.1, -0.05) is 6.07 Å². The van der Waals surface area contributed by atoms with Gasteiger partial charge in [0.05, 0.1) is 11.1 Å². The first-order valence-electron chi connectivity index (χ1n) is 4.62. The summed E-state index contributed by atoms with van der Waals surface area (Å²) in [6, 6.07) is 5.11. The number of nitrogen functional groups attached to an aromatic ring is 1. The lowest BCUT2D eigenvalue weighted by atomic mass is 10.1. The predicted octanol–water partition coefficient (Wildman–Crippen LogP) is 3.14. The second-order valence-corrected chi connectivity index (χ2v) is 3.59. The maximum Gasteiger partial charge on any atom is 0.416 e. The smallest absolute Gasteiger partial charge is 0.384 e. The molecule has 84 valence electrons. The molecule has 0 aliphatic heterocycles. The molecule has 0 amide bonds. The van der Waals surface area contributed by atoms with E-state index in [0.29, 0.717) is 5.39 Å². The van der Waals surface area contributed by atoms with Gasteiger partial charge < -0.3 is 5.73 Å². The number of benzene rings is 1. The van der Waals surface area contributed by atoms with Crippen molar-refractivity contribution in [1.29, 1.82) is 0 Å². The van der Waals surface area contributed by atoms with Gasteiger partial charge in [0.1, 0.15) is 5.82 Å². The van der Waals surface area contributed by atoms with E-state index in [1.165, 1.54) is 6.07 Å². The molecule has 0 spiro atoms. The minimum absolute atomic E-state index is 0.226. The molecule has 1 heterocycles. The highest BCUT2D eigenvalue weighted by atomic mass is 19.4. The third kappa shape index (κ3) is 1.80. The quantitative estimate of drug-likeness (QED) is 0.749. The number of aryl methyl sites for hydroxylation is 1. The first-order valence-corrected chi connectivity index (χ1v) is 4.62. The van der Waals surface area contributed by atoms with E-state index in [2.05, 4.69) is 4.98 Å². The van der Waals surface area contributed by atoms with Gasteiger partial charge in [-0.15, -0.1) is 0 Å². The average Bonchev–Trinajstić information content (AvgIpc) is 2.15. The van der Waals surface area contributed by atoms with Gasteiger partial charge in [-0.3, -0.25) is 0 Å². The second-order valence-electron chi connectivity index (χ2n) is 3.59. The lowest BCUT2D eigenvalue weighted by Crippen LogP contribution is -2.05. The molecule has 2 aromatic rings. The van der Waals surface area contributed by atoms with E-state index in [9.17, 15) is 13.2 Å². The molecule has 1 aromatic heterocycles. The van der Waals surface area contributed by atoms with E-state index in [1.807, 2.05) is 0 Å². The summed E-state index contributed by atoms with van der Waals surface area (Å²) in [7, 11) is 0. The van der Waals surface area contributed by atoms with Gasteiger partial charge in [0, 0.05) is 5.39 Å². The number of rotatable bonds is 0. The Hall–Kier alpha value is -1.78. The zero-order valence-electron chi connectivity index (χ0n) is 8.47. The summed E-state index contributed by atoms with van der Waals surface area (Å²) < 4.78 is 37.4. The molecule has 0 saturated heterocycles. The first-order chi connectivity index (χ1) is 7.38. The lowest BCUT2D eigenvalue weighted by molar-refractivity contribution is -0.137. The maximum atomic E-state index is 12.5. The summed E-state index contributed by atoms with van der Waals surface area (Å²) in [6.45, 7) is 1.79. The summed E-state index contributed by atoms with van der Waals surface area (Å²) in [5, 5.41) is 0.683. The van der Waals surface area contributed by atoms with Crippen LogP contribution in [0.3, 0.4) is 0 Å². The van der Waals surface area contributed by atoms with E-state index >= 15 is 0 Å². The molecule has 0 aliphatic carbocycles.